The zero-order valence-electron chi connectivity index (χ0n) is 14.7. The van der Waals surface area contributed by atoms with Crippen molar-refractivity contribution in [2.75, 3.05) is 10.3 Å². The molecule has 0 fully saturated rings. The van der Waals surface area contributed by atoms with Crippen molar-refractivity contribution in [2.45, 2.75) is 13.0 Å². The fourth-order valence-corrected chi connectivity index (χ4v) is 3.02. The lowest BCUT2D eigenvalue weighted by atomic mass is 10.1. The average Bonchev–Trinajstić information content (AvgIpc) is 2.71. The number of benzene rings is 3. The second-order valence-electron chi connectivity index (χ2n) is 6.26. The number of fused-ring (bicyclic) bond motifs is 1. The molecule has 0 aliphatic carbocycles. The number of hydrazine groups is 1. The minimum Gasteiger partial charge on any atom is -0.319 e. The van der Waals surface area contributed by atoms with E-state index in [0.29, 0.717) is 11.4 Å². The molecule has 0 bridgehead atoms. The van der Waals surface area contributed by atoms with Gasteiger partial charge in [0.1, 0.15) is 6.04 Å². The molecule has 0 spiro atoms. The molecule has 4 rings (SSSR count). The average molecular weight is 358 g/mol. The van der Waals surface area contributed by atoms with Crippen molar-refractivity contribution in [1.29, 1.82) is 0 Å². The molecule has 1 atom stereocenters. The molecule has 2 amide bonds. The van der Waals surface area contributed by atoms with Gasteiger partial charge < -0.3 is 5.32 Å². The largest absolute Gasteiger partial charge is 0.319 e. The Balaban J connectivity index is 1.61. The molecule has 6 heteroatoms. The van der Waals surface area contributed by atoms with Gasteiger partial charge >= 0.3 is 0 Å². The maximum Gasteiger partial charge on any atom is 0.292 e. The Bertz CT molecular complexity index is 1040. The number of para-hydroxylation sites is 1. The Morgan fingerprint density at radius 2 is 1.70 bits per heavy atom. The topological polar surface area (TPSA) is 73.8 Å². The smallest absolute Gasteiger partial charge is 0.292 e. The third kappa shape index (κ3) is 3.25. The monoisotopic (exact) mass is 358 g/mol. The highest BCUT2D eigenvalue weighted by atomic mass is 16.2. The number of hydrogen-bond acceptors (Lipinski definition) is 4. The molecule has 3 aromatic carbocycles. The molecule has 27 heavy (non-hydrogen) atoms. The van der Waals surface area contributed by atoms with Gasteiger partial charge in [0.25, 0.3) is 11.8 Å². The van der Waals surface area contributed by atoms with Crippen LogP contribution in [-0.4, -0.2) is 23.7 Å². The van der Waals surface area contributed by atoms with Crippen molar-refractivity contribution >= 4 is 39.8 Å². The predicted octanol–water partition coefficient (Wildman–Crippen LogP) is 3.12. The first-order valence-electron chi connectivity index (χ1n) is 8.66. The summed E-state index contributed by atoms with van der Waals surface area (Å²) in [5, 5.41) is 6.22. The van der Waals surface area contributed by atoms with Gasteiger partial charge in [0.2, 0.25) is 5.84 Å². The summed E-state index contributed by atoms with van der Waals surface area (Å²) in [4.78, 5) is 29.5. The van der Waals surface area contributed by atoms with E-state index in [4.69, 9.17) is 0 Å². The van der Waals surface area contributed by atoms with Crippen molar-refractivity contribution in [3.63, 3.8) is 0 Å². The van der Waals surface area contributed by atoms with Crippen molar-refractivity contribution < 1.29 is 9.59 Å². The van der Waals surface area contributed by atoms with E-state index in [1.54, 1.807) is 19.1 Å². The molecule has 6 nitrogen and oxygen atoms in total. The highest BCUT2D eigenvalue weighted by Gasteiger charge is 2.30. The highest BCUT2D eigenvalue weighted by molar-refractivity contribution is 6.44. The van der Waals surface area contributed by atoms with Gasteiger partial charge in [0, 0.05) is 11.1 Å². The summed E-state index contributed by atoms with van der Waals surface area (Å²) in [5.74, 6) is -0.520. The summed E-state index contributed by atoms with van der Waals surface area (Å²) in [6.07, 6.45) is 0. The van der Waals surface area contributed by atoms with E-state index in [1.165, 1.54) is 5.01 Å². The zero-order valence-corrected chi connectivity index (χ0v) is 14.7. The molecule has 1 aliphatic heterocycles. The number of nitrogens with zero attached hydrogens (tertiary/aromatic N) is 2. The SMILES string of the molecule is CC1N=C(C(=O)Nc2cccc3ccccc23)NN(c2ccccc2)C1=O. The molecule has 0 aromatic heterocycles. The summed E-state index contributed by atoms with van der Waals surface area (Å²) in [6.45, 7) is 1.67. The number of aliphatic imine (C=N–C) groups is 1. The van der Waals surface area contributed by atoms with Gasteiger partial charge in [0.05, 0.1) is 5.69 Å². The standard InChI is InChI=1S/C21H18N4O2/c1-14-21(27)25(16-10-3-2-4-11-16)24-19(22-14)20(26)23-18-13-7-9-15-8-5-6-12-17(15)18/h2-14H,1H3,(H,22,24)(H,23,26). The molecule has 0 saturated carbocycles. The molecular formula is C21H18N4O2. The molecule has 1 heterocycles. The summed E-state index contributed by atoms with van der Waals surface area (Å²) in [7, 11) is 0. The Morgan fingerprint density at radius 3 is 2.52 bits per heavy atom. The van der Waals surface area contributed by atoms with Crippen LogP contribution in [0.5, 0.6) is 0 Å². The number of carbonyl (C=O) groups excluding carboxylic acids is 2. The lowest BCUT2D eigenvalue weighted by molar-refractivity contribution is -0.120. The van der Waals surface area contributed by atoms with Gasteiger partial charge in [-0.15, -0.1) is 0 Å². The summed E-state index contributed by atoms with van der Waals surface area (Å²) >= 11 is 0. The maximum atomic E-state index is 12.8. The number of amides is 2. The number of anilines is 2. The lowest BCUT2D eigenvalue weighted by Crippen LogP contribution is -2.57. The second-order valence-corrected chi connectivity index (χ2v) is 6.26. The molecule has 0 radical (unpaired) electrons. The van der Waals surface area contributed by atoms with Crippen LogP contribution in [0.1, 0.15) is 6.92 Å². The summed E-state index contributed by atoms with van der Waals surface area (Å²) in [5.41, 5.74) is 4.19. The molecule has 134 valence electrons. The first-order chi connectivity index (χ1) is 13.1. The third-order valence-corrected chi connectivity index (χ3v) is 4.39. The molecule has 1 aliphatic rings. The van der Waals surface area contributed by atoms with Crippen LogP contribution in [0.2, 0.25) is 0 Å². The van der Waals surface area contributed by atoms with Gasteiger partial charge in [0.15, 0.2) is 0 Å². The minimum atomic E-state index is -0.653. The summed E-state index contributed by atoms with van der Waals surface area (Å²) in [6, 6.07) is 22.0. The van der Waals surface area contributed by atoms with Crippen molar-refractivity contribution in [2.24, 2.45) is 4.99 Å². The molecule has 3 aromatic rings. The predicted molar refractivity (Wildman–Crippen MR) is 107 cm³/mol. The van der Waals surface area contributed by atoms with E-state index in [0.717, 1.165) is 10.8 Å². The Hall–Kier alpha value is -3.67. The van der Waals surface area contributed by atoms with Crippen LogP contribution in [-0.2, 0) is 9.59 Å². The second kappa shape index (κ2) is 6.92. The van der Waals surface area contributed by atoms with E-state index < -0.39 is 11.9 Å². The normalized spacial score (nSPS) is 16.6. The Labute approximate surface area is 156 Å². The number of hydrogen-bond donors (Lipinski definition) is 2. The number of rotatable bonds is 3. The van der Waals surface area contributed by atoms with Crippen LogP contribution < -0.4 is 15.8 Å². The quantitative estimate of drug-likeness (QED) is 0.755. The van der Waals surface area contributed by atoms with E-state index in [2.05, 4.69) is 15.7 Å². The Morgan fingerprint density at radius 1 is 1.00 bits per heavy atom. The van der Waals surface area contributed by atoms with E-state index in [-0.39, 0.29) is 11.7 Å². The van der Waals surface area contributed by atoms with Crippen LogP contribution in [0.15, 0.2) is 77.8 Å². The highest BCUT2D eigenvalue weighted by Crippen LogP contribution is 2.23. The molecular weight excluding hydrogens is 340 g/mol. The van der Waals surface area contributed by atoms with Crippen LogP contribution in [0.3, 0.4) is 0 Å². The Kier molecular flexibility index (Phi) is 4.30. The van der Waals surface area contributed by atoms with Gasteiger partial charge in [-0.2, -0.15) is 0 Å². The van der Waals surface area contributed by atoms with Crippen LogP contribution in [0.4, 0.5) is 11.4 Å². The fourth-order valence-electron chi connectivity index (χ4n) is 3.02. The number of nitrogens with one attached hydrogen (secondary N) is 2. The molecule has 2 N–H and O–H groups in total. The van der Waals surface area contributed by atoms with E-state index >= 15 is 0 Å². The van der Waals surface area contributed by atoms with Crippen molar-refractivity contribution in [3.05, 3.63) is 72.8 Å². The van der Waals surface area contributed by atoms with E-state index in [9.17, 15) is 9.59 Å². The van der Waals surface area contributed by atoms with Crippen molar-refractivity contribution in [3.8, 4) is 0 Å². The molecule has 1 unspecified atom stereocenters. The first-order valence-corrected chi connectivity index (χ1v) is 8.66. The summed E-state index contributed by atoms with van der Waals surface area (Å²) < 4.78 is 0. The maximum absolute atomic E-state index is 12.8. The number of carbonyl (C=O) groups is 2. The van der Waals surface area contributed by atoms with Gasteiger partial charge in [-0.25, -0.2) is 10.0 Å². The van der Waals surface area contributed by atoms with Crippen LogP contribution in [0.25, 0.3) is 10.8 Å². The zero-order chi connectivity index (χ0) is 18.8. The third-order valence-electron chi connectivity index (χ3n) is 4.39. The van der Waals surface area contributed by atoms with Crippen LogP contribution in [0, 0.1) is 0 Å². The first kappa shape index (κ1) is 16.8. The minimum absolute atomic E-state index is 0.0962. The van der Waals surface area contributed by atoms with E-state index in [1.807, 2.05) is 60.7 Å². The van der Waals surface area contributed by atoms with Gasteiger partial charge in [-0.1, -0.05) is 54.6 Å². The lowest BCUT2D eigenvalue weighted by Gasteiger charge is -2.30. The van der Waals surface area contributed by atoms with Gasteiger partial charge in [-0.3, -0.25) is 15.0 Å². The van der Waals surface area contributed by atoms with Gasteiger partial charge in [-0.05, 0) is 30.5 Å². The fraction of sp³-hybridized carbons (Fsp3) is 0.0952. The number of amidine groups is 1. The van der Waals surface area contributed by atoms with Crippen molar-refractivity contribution in [1.82, 2.24) is 5.43 Å². The van der Waals surface area contributed by atoms with Crippen LogP contribution >= 0.6 is 0 Å². The molecule has 0 saturated heterocycles.